The summed E-state index contributed by atoms with van der Waals surface area (Å²) >= 11 is 6.17. The van der Waals surface area contributed by atoms with E-state index in [1.54, 1.807) is 30.0 Å². The fourth-order valence-electron chi connectivity index (χ4n) is 2.51. The normalized spacial score (nSPS) is 15.3. The Morgan fingerprint density at radius 3 is 2.75 bits per heavy atom. The van der Waals surface area contributed by atoms with Gasteiger partial charge in [-0.15, -0.1) is 0 Å². The highest BCUT2D eigenvalue weighted by Gasteiger charge is 2.25. The van der Waals surface area contributed by atoms with Gasteiger partial charge in [0.1, 0.15) is 6.04 Å². The summed E-state index contributed by atoms with van der Waals surface area (Å²) in [7, 11) is 0. The van der Waals surface area contributed by atoms with Crippen molar-refractivity contribution in [2.75, 3.05) is 18.0 Å². The minimum Gasteiger partial charge on any atom is -0.354 e. The largest absolute Gasteiger partial charge is 0.354 e. The molecular weight excluding hydrogens is 330 g/mol. The number of carbonyl (C=O) groups is 3. The van der Waals surface area contributed by atoms with Gasteiger partial charge in [0.05, 0.1) is 10.7 Å². The molecule has 0 aromatic heterocycles. The molecule has 2 N–H and O–H groups in total. The SMILES string of the molecule is CCCNC(=O)[C@H](C)NC(=O)c1ccc(Cl)c(N2CCCC2=O)c1. The molecule has 7 heteroatoms. The van der Waals surface area contributed by atoms with Crippen molar-refractivity contribution in [1.82, 2.24) is 10.6 Å². The van der Waals surface area contributed by atoms with Gasteiger partial charge >= 0.3 is 0 Å². The van der Waals surface area contributed by atoms with Gasteiger partial charge in [-0.25, -0.2) is 0 Å². The zero-order valence-electron chi connectivity index (χ0n) is 13.9. The van der Waals surface area contributed by atoms with Crippen molar-refractivity contribution in [2.24, 2.45) is 0 Å². The van der Waals surface area contributed by atoms with Crippen LogP contribution in [0, 0.1) is 0 Å². The van der Waals surface area contributed by atoms with Gasteiger partial charge < -0.3 is 15.5 Å². The molecule has 1 atom stereocenters. The van der Waals surface area contributed by atoms with Crippen LogP contribution in [-0.2, 0) is 9.59 Å². The molecule has 0 spiro atoms. The molecule has 0 aliphatic carbocycles. The molecule has 1 aromatic carbocycles. The topological polar surface area (TPSA) is 78.5 Å². The van der Waals surface area contributed by atoms with Crippen LogP contribution in [0.25, 0.3) is 0 Å². The van der Waals surface area contributed by atoms with Crippen LogP contribution in [0.4, 0.5) is 5.69 Å². The fourth-order valence-corrected chi connectivity index (χ4v) is 2.73. The Kier molecular flexibility index (Phi) is 6.20. The minimum atomic E-state index is -0.642. The summed E-state index contributed by atoms with van der Waals surface area (Å²) in [5, 5.41) is 5.81. The summed E-state index contributed by atoms with van der Waals surface area (Å²) in [5.41, 5.74) is 0.902. The van der Waals surface area contributed by atoms with Crippen molar-refractivity contribution < 1.29 is 14.4 Å². The molecule has 130 valence electrons. The lowest BCUT2D eigenvalue weighted by molar-refractivity contribution is -0.122. The zero-order chi connectivity index (χ0) is 17.7. The minimum absolute atomic E-state index is 0.00164. The third kappa shape index (κ3) is 4.26. The van der Waals surface area contributed by atoms with Crippen molar-refractivity contribution in [3.8, 4) is 0 Å². The standard InChI is InChI=1S/C17H22ClN3O3/c1-3-8-19-16(23)11(2)20-17(24)12-6-7-13(18)14(10-12)21-9-4-5-15(21)22/h6-7,10-11H,3-5,8-9H2,1-2H3,(H,19,23)(H,20,24)/t11-/m0/s1. The molecule has 0 saturated carbocycles. The van der Waals surface area contributed by atoms with Crippen molar-refractivity contribution in [3.63, 3.8) is 0 Å². The lowest BCUT2D eigenvalue weighted by atomic mass is 10.1. The maximum Gasteiger partial charge on any atom is 0.251 e. The van der Waals surface area contributed by atoms with Crippen LogP contribution in [0.5, 0.6) is 0 Å². The maximum absolute atomic E-state index is 12.4. The molecule has 0 radical (unpaired) electrons. The summed E-state index contributed by atoms with van der Waals surface area (Å²) < 4.78 is 0. The summed E-state index contributed by atoms with van der Waals surface area (Å²) in [6.45, 7) is 4.75. The number of nitrogens with one attached hydrogen (secondary N) is 2. The van der Waals surface area contributed by atoms with Crippen LogP contribution in [0.3, 0.4) is 0 Å². The van der Waals surface area contributed by atoms with Crippen LogP contribution in [0.15, 0.2) is 18.2 Å². The number of hydrogen-bond acceptors (Lipinski definition) is 3. The van der Waals surface area contributed by atoms with Gasteiger partial charge in [-0.3, -0.25) is 14.4 Å². The van der Waals surface area contributed by atoms with E-state index in [-0.39, 0.29) is 17.7 Å². The first-order chi connectivity index (χ1) is 11.4. The number of nitrogens with zero attached hydrogens (tertiary/aromatic N) is 1. The van der Waals surface area contributed by atoms with Gasteiger partial charge in [-0.1, -0.05) is 18.5 Å². The maximum atomic E-state index is 12.4. The van der Waals surface area contributed by atoms with Crippen molar-refractivity contribution in [1.29, 1.82) is 0 Å². The number of anilines is 1. The van der Waals surface area contributed by atoms with Gasteiger partial charge in [0, 0.05) is 25.1 Å². The van der Waals surface area contributed by atoms with Crippen LogP contribution >= 0.6 is 11.6 Å². The van der Waals surface area contributed by atoms with Crippen molar-refractivity contribution in [2.45, 2.75) is 39.2 Å². The third-order valence-corrected chi connectivity index (χ3v) is 4.18. The number of rotatable bonds is 6. The number of benzene rings is 1. The van der Waals surface area contributed by atoms with E-state index in [1.165, 1.54) is 0 Å². The van der Waals surface area contributed by atoms with E-state index >= 15 is 0 Å². The van der Waals surface area contributed by atoms with Gasteiger partial charge in [0.25, 0.3) is 5.91 Å². The van der Waals surface area contributed by atoms with E-state index in [0.29, 0.717) is 35.8 Å². The molecule has 1 aliphatic heterocycles. The smallest absolute Gasteiger partial charge is 0.251 e. The lowest BCUT2D eigenvalue weighted by Crippen LogP contribution is -2.45. The predicted octanol–water partition coefficient (Wildman–Crippen LogP) is 2.11. The van der Waals surface area contributed by atoms with Gasteiger partial charge in [0.15, 0.2) is 0 Å². The summed E-state index contributed by atoms with van der Waals surface area (Å²) in [6.07, 6.45) is 2.10. The van der Waals surface area contributed by atoms with Crippen LogP contribution in [0.1, 0.15) is 43.5 Å². The summed E-state index contributed by atoms with van der Waals surface area (Å²) in [4.78, 5) is 37.7. The second kappa shape index (κ2) is 8.15. The highest BCUT2D eigenvalue weighted by Crippen LogP contribution is 2.30. The molecule has 24 heavy (non-hydrogen) atoms. The molecule has 3 amide bonds. The fraction of sp³-hybridized carbons (Fsp3) is 0.471. The predicted molar refractivity (Wildman–Crippen MR) is 93.3 cm³/mol. The monoisotopic (exact) mass is 351 g/mol. The first kappa shape index (κ1) is 18.3. The summed E-state index contributed by atoms with van der Waals surface area (Å²) in [5.74, 6) is -0.602. The number of hydrogen-bond donors (Lipinski definition) is 2. The molecule has 1 saturated heterocycles. The molecule has 1 aliphatic rings. The Morgan fingerprint density at radius 2 is 2.12 bits per heavy atom. The van der Waals surface area contributed by atoms with E-state index < -0.39 is 6.04 Å². The van der Waals surface area contributed by atoms with E-state index in [2.05, 4.69) is 10.6 Å². The average Bonchev–Trinajstić information content (AvgIpc) is 2.98. The first-order valence-corrected chi connectivity index (χ1v) is 8.50. The molecular formula is C17H22ClN3O3. The van der Waals surface area contributed by atoms with Crippen LogP contribution in [0.2, 0.25) is 5.02 Å². The molecule has 0 bridgehead atoms. The quantitative estimate of drug-likeness (QED) is 0.824. The van der Waals surface area contributed by atoms with E-state index in [1.807, 2.05) is 6.92 Å². The Morgan fingerprint density at radius 1 is 1.38 bits per heavy atom. The first-order valence-electron chi connectivity index (χ1n) is 8.12. The average molecular weight is 352 g/mol. The molecule has 6 nitrogen and oxygen atoms in total. The van der Waals surface area contributed by atoms with Gasteiger partial charge in [-0.2, -0.15) is 0 Å². The number of amides is 3. The molecule has 1 aromatic rings. The second-order valence-corrected chi connectivity index (χ2v) is 6.21. The highest BCUT2D eigenvalue weighted by atomic mass is 35.5. The van der Waals surface area contributed by atoms with Crippen LogP contribution < -0.4 is 15.5 Å². The Balaban J connectivity index is 2.10. The molecule has 0 unspecified atom stereocenters. The molecule has 1 heterocycles. The molecule has 1 fully saturated rings. The van der Waals surface area contributed by atoms with E-state index in [9.17, 15) is 14.4 Å². The van der Waals surface area contributed by atoms with E-state index in [4.69, 9.17) is 11.6 Å². The Labute approximate surface area is 146 Å². The number of carbonyl (C=O) groups excluding carboxylic acids is 3. The van der Waals surface area contributed by atoms with Crippen LogP contribution in [-0.4, -0.2) is 36.9 Å². The van der Waals surface area contributed by atoms with E-state index in [0.717, 1.165) is 12.8 Å². The Bertz CT molecular complexity index is 648. The highest BCUT2D eigenvalue weighted by molar-refractivity contribution is 6.34. The lowest BCUT2D eigenvalue weighted by Gasteiger charge is -2.19. The second-order valence-electron chi connectivity index (χ2n) is 5.80. The van der Waals surface area contributed by atoms with Crippen molar-refractivity contribution >= 4 is 35.0 Å². The van der Waals surface area contributed by atoms with Gasteiger partial charge in [-0.05, 0) is 38.0 Å². The Hall–Kier alpha value is -2.08. The van der Waals surface area contributed by atoms with Crippen molar-refractivity contribution in [3.05, 3.63) is 28.8 Å². The zero-order valence-corrected chi connectivity index (χ0v) is 14.7. The summed E-state index contributed by atoms with van der Waals surface area (Å²) in [6, 6.07) is 4.13. The number of halogens is 1. The molecule has 2 rings (SSSR count). The van der Waals surface area contributed by atoms with Gasteiger partial charge in [0.2, 0.25) is 11.8 Å². The third-order valence-electron chi connectivity index (χ3n) is 3.86.